The van der Waals surface area contributed by atoms with Crippen LogP contribution in [0.3, 0.4) is 0 Å². The van der Waals surface area contributed by atoms with Crippen molar-refractivity contribution < 1.29 is 19.4 Å². The predicted molar refractivity (Wildman–Crippen MR) is 172 cm³/mol. The molecule has 0 aromatic rings. The summed E-state index contributed by atoms with van der Waals surface area (Å²) in [6.07, 6.45) is 39.6. The molecule has 1 N–H and O–H groups in total. The van der Waals surface area contributed by atoms with Crippen LogP contribution in [0, 0.1) is 5.92 Å². The van der Waals surface area contributed by atoms with E-state index in [4.69, 9.17) is 9.84 Å². The van der Waals surface area contributed by atoms with Gasteiger partial charge in [0.05, 0.1) is 18.9 Å². The van der Waals surface area contributed by atoms with Crippen molar-refractivity contribution in [2.45, 2.75) is 194 Å². The average Bonchev–Trinajstić information content (AvgIpc) is 2.94. The molecule has 4 heteroatoms. The first-order chi connectivity index (χ1) is 19.6. The largest absolute Gasteiger partial charge is 0.481 e. The Labute approximate surface area is 249 Å². The van der Waals surface area contributed by atoms with Crippen LogP contribution in [0.4, 0.5) is 0 Å². The molecule has 0 aromatic carbocycles. The number of carbonyl (C=O) groups excluding carboxylic acids is 1. The number of aliphatic carboxylic acids is 1. The smallest absolute Gasteiger partial charge is 0.309 e. The summed E-state index contributed by atoms with van der Waals surface area (Å²) >= 11 is 0. The van der Waals surface area contributed by atoms with Gasteiger partial charge in [-0.25, -0.2) is 0 Å². The summed E-state index contributed by atoms with van der Waals surface area (Å²) in [5, 5.41) is 9.05. The third-order valence-electron chi connectivity index (χ3n) is 8.00. The van der Waals surface area contributed by atoms with E-state index in [9.17, 15) is 9.59 Å². The van der Waals surface area contributed by atoms with E-state index in [1.807, 2.05) is 6.92 Å². The van der Waals surface area contributed by atoms with E-state index in [-0.39, 0.29) is 12.4 Å². The zero-order valence-electron chi connectivity index (χ0n) is 26.9. The van der Waals surface area contributed by atoms with Crippen LogP contribution >= 0.6 is 0 Å². The van der Waals surface area contributed by atoms with Crippen LogP contribution in [0.1, 0.15) is 194 Å². The minimum absolute atomic E-state index is 0.110. The quantitative estimate of drug-likeness (QED) is 0.0501. The monoisotopic (exact) mass is 565 g/mol. The number of esters is 1. The van der Waals surface area contributed by atoms with Gasteiger partial charge >= 0.3 is 11.9 Å². The summed E-state index contributed by atoms with van der Waals surface area (Å²) in [5.41, 5.74) is 0. The zero-order valence-corrected chi connectivity index (χ0v) is 26.9. The standard InChI is InChI=1S/C36H68O4/c1-3-5-6-7-8-9-10-11-12-13-14-15-16-17-18-19-20-21-22-23-24-25-26-27-28-29-30-31-34(33-35(37)38)36(39)40-32-4-2/h6-7,34H,3-5,8-33H2,1-2H3,(H,37,38)/b7-6+. The molecule has 0 saturated heterocycles. The molecule has 0 heterocycles. The molecule has 0 aliphatic heterocycles. The lowest BCUT2D eigenvalue weighted by Gasteiger charge is -2.13. The van der Waals surface area contributed by atoms with Crippen molar-refractivity contribution in [3.8, 4) is 0 Å². The average molecular weight is 565 g/mol. The zero-order chi connectivity index (χ0) is 29.4. The number of carboxylic acids is 1. The van der Waals surface area contributed by atoms with Crippen molar-refractivity contribution in [2.75, 3.05) is 6.61 Å². The maximum absolute atomic E-state index is 12.0. The van der Waals surface area contributed by atoms with E-state index in [0.29, 0.717) is 13.0 Å². The minimum Gasteiger partial charge on any atom is -0.481 e. The van der Waals surface area contributed by atoms with Crippen LogP contribution in [-0.2, 0) is 14.3 Å². The van der Waals surface area contributed by atoms with Gasteiger partial charge in [-0.3, -0.25) is 9.59 Å². The highest BCUT2D eigenvalue weighted by molar-refractivity contribution is 5.79. The van der Waals surface area contributed by atoms with Gasteiger partial charge in [-0.1, -0.05) is 167 Å². The summed E-state index contributed by atoms with van der Waals surface area (Å²) in [4.78, 5) is 23.1. The number of carboxylic acid groups (broad SMARTS) is 1. The van der Waals surface area contributed by atoms with E-state index in [1.165, 1.54) is 148 Å². The summed E-state index contributed by atoms with van der Waals surface area (Å²) in [6, 6.07) is 0. The van der Waals surface area contributed by atoms with Gasteiger partial charge in [0.1, 0.15) is 0 Å². The van der Waals surface area contributed by atoms with Gasteiger partial charge in [-0.15, -0.1) is 0 Å². The Bertz CT molecular complexity index is 571. The fraction of sp³-hybridized carbons (Fsp3) is 0.889. The maximum Gasteiger partial charge on any atom is 0.309 e. The maximum atomic E-state index is 12.0. The van der Waals surface area contributed by atoms with Gasteiger partial charge in [-0.2, -0.15) is 0 Å². The Kier molecular flexibility index (Phi) is 31.1. The second-order valence-corrected chi connectivity index (χ2v) is 12.1. The van der Waals surface area contributed by atoms with Gasteiger partial charge < -0.3 is 9.84 Å². The molecule has 0 spiro atoms. The van der Waals surface area contributed by atoms with Crippen molar-refractivity contribution in [1.29, 1.82) is 0 Å². The van der Waals surface area contributed by atoms with E-state index in [0.717, 1.165) is 19.3 Å². The first-order valence-electron chi connectivity index (χ1n) is 17.6. The number of hydrogen-bond donors (Lipinski definition) is 1. The molecule has 1 atom stereocenters. The number of unbranched alkanes of at least 4 members (excludes halogenated alkanes) is 23. The molecule has 0 bridgehead atoms. The number of ether oxygens (including phenoxy) is 1. The van der Waals surface area contributed by atoms with E-state index < -0.39 is 11.9 Å². The van der Waals surface area contributed by atoms with Crippen molar-refractivity contribution in [2.24, 2.45) is 5.92 Å². The molecule has 0 saturated carbocycles. The fourth-order valence-corrected chi connectivity index (χ4v) is 5.43. The van der Waals surface area contributed by atoms with E-state index >= 15 is 0 Å². The topological polar surface area (TPSA) is 63.6 Å². The first-order valence-corrected chi connectivity index (χ1v) is 17.6. The molecule has 0 rings (SSSR count). The second-order valence-electron chi connectivity index (χ2n) is 12.1. The SMILES string of the molecule is CCC/C=C/CCCCCCCCCCCCCCCCCCCCCCCCC(CC(=O)O)C(=O)OCCC. The lowest BCUT2D eigenvalue weighted by atomic mass is 9.97. The van der Waals surface area contributed by atoms with Crippen molar-refractivity contribution >= 4 is 11.9 Å². The van der Waals surface area contributed by atoms with E-state index in [2.05, 4.69) is 19.1 Å². The highest BCUT2D eigenvalue weighted by Gasteiger charge is 2.22. The molecule has 0 amide bonds. The van der Waals surface area contributed by atoms with Gasteiger partial charge in [-0.05, 0) is 32.1 Å². The highest BCUT2D eigenvalue weighted by atomic mass is 16.5. The molecular weight excluding hydrogens is 496 g/mol. The van der Waals surface area contributed by atoms with Crippen molar-refractivity contribution in [3.05, 3.63) is 12.2 Å². The molecule has 0 aliphatic carbocycles. The Hall–Kier alpha value is -1.32. The Balaban J connectivity index is 3.30. The van der Waals surface area contributed by atoms with Crippen LogP contribution in [-0.4, -0.2) is 23.7 Å². The van der Waals surface area contributed by atoms with Crippen LogP contribution in [0.15, 0.2) is 12.2 Å². The Morgan fingerprint density at radius 2 is 0.925 bits per heavy atom. The molecule has 0 aromatic heterocycles. The molecule has 0 aliphatic rings. The summed E-state index contributed by atoms with van der Waals surface area (Å²) < 4.78 is 5.16. The van der Waals surface area contributed by atoms with Crippen LogP contribution < -0.4 is 0 Å². The van der Waals surface area contributed by atoms with Crippen LogP contribution in [0.2, 0.25) is 0 Å². The molecular formula is C36H68O4. The van der Waals surface area contributed by atoms with E-state index in [1.54, 1.807) is 0 Å². The molecule has 4 nitrogen and oxygen atoms in total. The number of hydrogen-bond acceptors (Lipinski definition) is 3. The lowest BCUT2D eigenvalue weighted by Crippen LogP contribution is -2.21. The first kappa shape index (κ1) is 38.7. The molecule has 0 radical (unpaired) electrons. The molecule has 1 unspecified atom stereocenters. The minimum atomic E-state index is -0.915. The summed E-state index contributed by atoms with van der Waals surface area (Å²) in [5.74, 6) is -1.73. The van der Waals surface area contributed by atoms with Crippen molar-refractivity contribution in [3.63, 3.8) is 0 Å². The Morgan fingerprint density at radius 3 is 1.30 bits per heavy atom. The van der Waals surface area contributed by atoms with Gasteiger partial charge in [0.25, 0.3) is 0 Å². The van der Waals surface area contributed by atoms with Crippen LogP contribution in [0.5, 0.6) is 0 Å². The molecule has 0 fully saturated rings. The molecule has 40 heavy (non-hydrogen) atoms. The van der Waals surface area contributed by atoms with Crippen LogP contribution in [0.25, 0.3) is 0 Å². The third-order valence-corrected chi connectivity index (χ3v) is 8.00. The second kappa shape index (κ2) is 32.2. The summed E-state index contributed by atoms with van der Waals surface area (Å²) in [7, 11) is 0. The van der Waals surface area contributed by atoms with Gasteiger partial charge in [0.15, 0.2) is 0 Å². The fourth-order valence-electron chi connectivity index (χ4n) is 5.43. The predicted octanol–water partition coefficient (Wildman–Crippen LogP) is 11.7. The normalized spacial score (nSPS) is 12.2. The van der Waals surface area contributed by atoms with Crippen molar-refractivity contribution in [1.82, 2.24) is 0 Å². The highest BCUT2D eigenvalue weighted by Crippen LogP contribution is 2.19. The third kappa shape index (κ3) is 29.7. The van der Waals surface area contributed by atoms with Gasteiger partial charge in [0.2, 0.25) is 0 Å². The van der Waals surface area contributed by atoms with Gasteiger partial charge in [0, 0.05) is 0 Å². The number of carbonyl (C=O) groups is 2. The number of rotatable bonds is 32. The number of allylic oxidation sites excluding steroid dienone is 2. The summed E-state index contributed by atoms with van der Waals surface area (Å²) in [6.45, 7) is 4.57. The Morgan fingerprint density at radius 1 is 0.550 bits per heavy atom. The lowest BCUT2D eigenvalue weighted by molar-refractivity contribution is -0.153. The molecule has 236 valence electrons.